The molecule has 0 aromatic heterocycles. The van der Waals surface area contributed by atoms with Crippen LogP contribution in [-0.2, 0) is 9.53 Å². The minimum absolute atomic E-state index is 0.113. The number of fused-ring (bicyclic) bond motifs is 1. The number of carbonyl (C=O) groups is 3. The van der Waals surface area contributed by atoms with Crippen molar-refractivity contribution in [1.82, 2.24) is 10.2 Å². The van der Waals surface area contributed by atoms with E-state index in [9.17, 15) is 14.4 Å². The predicted molar refractivity (Wildman–Crippen MR) is 74.2 cm³/mol. The van der Waals surface area contributed by atoms with E-state index in [0.29, 0.717) is 11.1 Å². The number of ether oxygens (including phenoxy) is 1. The van der Waals surface area contributed by atoms with Gasteiger partial charge in [0.25, 0.3) is 17.0 Å². The number of thiocarbonyl (C=S) groups is 1. The van der Waals surface area contributed by atoms with Crippen molar-refractivity contribution in [1.29, 1.82) is 0 Å². The first-order valence-corrected chi connectivity index (χ1v) is 6.24. The lowest BCUT2D eigenvalue weighted by molar-refractivity contribution is -0.123. The van der Waals surface area contributed by atoms with Gasteiger partial charge in [0.1, 0.15) is 6.04 Å². The Bertz CT molecular complexity index is 579. The minimum Gasteiger partial charge on any atom is -0.474 e. The SMILES string of the molecule is COC(=S)NC(=O)[C@@H](C)N1C(=O)c2ccccc2C1=O. The third kappa shape index (κ3) is 2.27. The maximum absolute atomic E-state index is 12.2. The Labute approximate surface area is 120 Å². The van der Waals surface area contributed by atoms with Crippen molar-refractivity contribution in [3.05, 3.63) is 35.4 Å². The largest absolute Gasteiger partial charge is 0.474 e. The molecule has 0 radical (unpaired) electrons. The zero-order chi connectivity index (χ0) is 14.9. The number of hydrogen-bond acceptors (Lipinski definition) is 5. The molecule has 0 spiro atoms. The van der Waals surface area contributed by atoms with Gasteiger partial charge in [0.15, 0.2) is 0 Å². The summed E-state index contributed by atoms with van der Waals surface area (Å²) in [6.07, 6.45) is 0. The molecule has 0 saturated carbocycles. The minimum atomic E-state index is -0.976. The molecule has 1 aromatic rings. The molecule has 2 rings (SSSR count). The Morgan fingerprint density at radius 1 is 1.25 bits per heavy atom. The number of rotatable bonds is 2. The van der Waals surface area contributed by atoms with Crippen LogP contribution in [0.4, 0.5) is 0 Å². The molecule has 0 fully saturated rings. The third-order valence-electron chi connectivity index (χ3n) is 3.00. The van der Waals surface area contributed by atoms with Gasteiger partial charge >= 0.3 is 0 Å². The van der Waals surface area contributed by atoms with Gasteiger partial charge in [-0.15, -0.1) is 0 Å². The smallest absolute Gasteiger partial charge is 0.263 e. The highest BCUT2D eigenvalue weighted by molar-refractivity contribution is 7.80. The second-order valence-electron chi connectivity index (χ2n) is 4.18. The number of nitrogens with zero attached hydrogens (tertiary/aromatic N) is 1. The van der Waals surface area contributed by atoms with E-state index in [1.54, 1.807) is 24.3 Å². The monoisotopic (exact) mass is 292 g/mol. The quantitative estimate of drug-likeness (QED) is 0.642. The summed E-state index contributed by atoms with van der Waals surface area (Å²) in [5.74, 6) is -1.56. The van der Waals surface area contributed by atoms with Crippen molar-refractivity contribution in [2.75, 3.05) is 7.11 Å². The van der Waals surface area contributed by atoms with Crippen LogP contribution in [0, 0.1) is 0 Å². The summed E-state index contributed by atoms with van der Waals surface area (Å²) in [6.45, 7) is 1.45. The first kappa shape index (κ1) is 14.1. The fourth-order valence-electron chi connectivity index (χ4n) is 1.93. The molecule has 1 aromatic carbocycles. The highest BCUT2D eigenvalue weighted by atomic mass is 32.1. The van der Waals surface area contributed by atoms with Crippen LogP contribution in [0.3, 0.4) is 0 Å². The molecular formula is C13H12N2O4S. The van der Waals surface area contributed by atoms with Gasteiger partial charge in [0.2, 0.25) is 5.91 Å². The fraction of sp³-hybridized carbons (Fsp3) is 0.231. The lowest BCUT2D eigenvalue weighted by Gasteiger charge is -2.21. The zero-order valence-corrected chi connectivity index (χ0v) is 11.7. The number of nitrogens with one attached hydrogen (secondary N) is 1. The van der Waals surface area contributed by atoms with Gasteiger partial charge in [-0.3, -0.25) is 24.6 Å². The Morgan fingerprint density at radius 2 is 1.75 bits per heavy atom. The average Bonchev–Trinajstić information content (AvgIpc) is 2.70. The van der Waals surface area contributed by atoms with E-state index in [1.165, 1.54) is 14.0 Å². The number of methoxy groups -OCH3 is 1. The average molecular weight is 292 g/mol. The molecule has 1 heterocycles. The van der Waals surface area contributed by atoms with Crippen LogP contribution in [0.15, 0.2) is 24.3 Å². The van der Waals surface area contributed by atoms with Gasteiger partial charge in [-0.1, -0.05) is 12.1 Å². The topological polar surface area (TPSA) is 75.7 Å². The van der Waals surface area contributed by atoms with E-state index in [-0.39, 0.29) is 5.17 Å². The highest BCUT2D eigenvalue weighted by Crippen LogP contribution is 2.24. The van der Waals surface area contributed by atoms with Crippen molar-refractivity contribution in [3.63, 3.8) is 0 Å². The molecule has 1 aliphatic heterocycles. The first-order valence-electron chi connectivity index (χ1n) is 5.83. The van der Waals surface area contributed by atoms with Gasteiger partial charge in [0, 0.05) is 0 Å². The van der Waals surface area contributed by atoms with Crippen molar-refractivity contribution in [3.8, 4) is 0 Å². The standard InChI is InChI=1S/C13H12N2O4S/c1-7(10(16)14-13(20)19-2)15-11(17)8-5-3-4-6-9(8)12(15)18/h3-7H,1-2H3,(H,14,16,20)/t7-/m1/s1. The fourth-order valence-corrected chi connectivity index (χ4v) is 2.03. The van der Waals surface area contributed by atoms with Crippen molar-refractivity contribution >= 4 is 35.1 Å². The second-order valence-corrected chi connectivity index (χ2v) is 4.55. The van der Waals surface area contributed by atoms with Gasteiger partial charge < -0.3 is 4.74 Å². The highest BCUT2D eigenvalue weighted by Gasteiger charge is 2.40. The van der Waals surface area contributed by atoms with Crippen LogP contribution in [0.25, 0.3) is 0 Å². The first-order chi connectivity index (χ1) is 9.47. The number of amides is 3. The maximum atomic E-state index is 12.2. The molecule has 0 saturated heterocycles. The van der Waals surface area contributed by atoms with E-state index < -0.39 is 23.8 Å². The number of benzene rings is 1. The Balaban J connectivity index is 2.23. The maximum Gasteiger partial charge on any atom is 0.263 e. The normalized spacial score (nSPS) is 14.8. The Hall–Kier alpha value is -2.28. The van der Waals surface area contributed by atoms with Crippen LogP contribution in [0.2, 0.25) is 0 Å². The lowest BCUT2D eigenvalue weighted by Crippen LogP contribution is -2.49. The predicted octanol–water partition coefficient (Wildman–Crippen LogP) is 0.719. The van der Waals surface area contributed by atoms with E-state index in [4.69, 9.17) is 12.2 Å². The van der Waals surface area contributed by atoms with Crippen LogP contribution < -0.4 is 5.32 Å². The molecule has 6 nitrogen and oxygen atoms in total. The summed E-state index contributed by atoms with van der Waals surface area (Å²) in [6, 6.07) is 5.46. The van der Waals surface area contributed by atoms with Gasteiger partial charge in [-0.25, -0.2) is 0 Å². The summed E-state index contributed by atoms with van der Waals surface area (Å²) >= 11 is 4.71. The van der Waals surface area contributed by atoms with Crippen LogP contribution in [0.5, 0.6) is 0 Å². The molecule has 1 aliphatic rings. The van der Waals surface area contributed by atoms with Gasteiger partial charge in [-0.05, 0) is 31.3 Å². The van der Waals surface area contributed by atoms with Crippen LogP contribution >= 0.6 is 12.2 Å². The van der Waals surface area contributed by atoms with Crippen LogP contribution in [-0.4, -0.2) is 40.9 Å². The molecule has 1 N–H and O–H groups in total. The lowest BCUT2D eigenvalue weighted by atomic mass is 10.1. The summed E-state index contributed by atoms with van der Waals surface area (Å²) in [5, 5.41) is 2.19. The van der Waals surface area contributed by atoms with E-state index in [1.807, 2.05) is 0 Å². The van der Waals surface area contributed by atoms with Crippen molar-refractivity contribution < 1.29 is 19.1 Å². The summed E-state index contributed by atoms with van der Waals surface area (Å²) in [7, 11) is 1.31. The molecule has 0 unspecified atom stereocenters. The molecule has 20 heavy (non-hydrogen) atoms. The third-order valence-corrected chi connectivity index (χ3v) is 3.27. The Kier molecular flexibility index (Phi) is 3.80. The number of carbonyl (C=O) groups excluding carboxylic acids is 3. The second kappa shape index (κ2) is 5.38. The van der Waals surface area contributed by atoms with Crippen molar-refractivity contribution in [2.24, 2.45) is 0 Å². The zero-order valence-electron chi connectivity index (χ0n) is 10.9. The molecule has 0 aliphatic carbocycles. The summed E-state index contributed by atoms with van der Waals surface area (Å²) in [4.78, 5) is 37.2. The number of hydrogen-bond donors (Lipinski definition) is 1. The van der Waals surface area contributed by atoms with E-state index in [0.717, 1.165) is 4.90 Å². The van der Waals surface area contributed by atoms with Crippen molar-refractivity contribution in [2.45, 2.75) is 13.0 Å². The van der Waals surface area contributed by atoms with E-state index in [2.05, 4.69) is 10.1 Å². The summed E-state index contributed by atoms with van der Waals surface area (Å²) in [5.41, 5.74) is 0.595. The van der Waals surface area contributed by atoms with E-state index >= 15 is 0 Å². The molecule has 7 heteroatoms. The Morgan fingerprint density at radius 3 is 2.20 bits per heavy atom. The van der Waals surface area contributed by atoms with Gasteiger partial charge in [-0.2, -0.15) is 0 Å². The molecule has 1 atom stereocenters. The molecular weight excluding hydrogens is 280 g/mol. The summed E-state index contributed by atoms with van der Waals surface area (Å²) < 4.78 is 4.66. The molecule has 0 bridgehead atoms. The molecule has 104 valence electrons. The van der Waals surface area contributed by atoms with Crippen LogP contribution in [0.1, 0.15) is 27.6 Å². The van der Waals surface area contributed by atoms with Gasteiger partial charge in [0.05, 0.1) is 18.2 Å². The number of imide groups is 1. The molecule has 3 amide bonds.